The second-order valence-electron chi connectivity index (χ2n) is 7.67. The van der Waals surface area contributed by atoms with Gasteiger partial charge in [0.2, 0.25) is 0 Å². The maximum absolute atomic E-state index is 12.4. The topological polar surface area (TPSA) is 59.0 Å². The number of methoxy groups -OCH3 is 1. The van der Waals surface area contributed by atoms with Gasteiger partial charge in [-0.25, -0.2) is 4.79 Å². The molecule has 28 heavy (non-hydrogen) atoms. The number of hydrogen-bond acceptors (Lipinski definition) is 4. The highest BCUT2D eigenvalue weighted by Crippen LogP contribution is 2.35. The Balaban J connectivity index is 1.85. The van der Waals surface area contributed by atoms with Gasteiger partial charge in [0.1, 0.15) is 12.4 Å². The summed E-state index contributed by atoms with van der Waals surface area (Å²) in [4.78, 5) is 14.2. The van der Waals surface area contributed by atoms with Crippen LogP contribution in [0.15, 0.2) is 53.0 Å². The van der Waals surface area contributed by atoms with E-state index < -0.39 is 5.60 Å². The van der Waals surface area contributed by atoms with Gasteiger partial charge in [-0.05, 0) is 59.5 Å². The van der Waals surface area contributed by atoms with Crippen molar-refractivity contribution >= 4 is 22.0 Å². The van der Waals surface area contributed by atoms with Crippen LogP contribution >= 0.6 is 15.9 Å². The molecule has 0 spiro atoms. The molecule has 0 saturated carbocycles. The first kappa shape index (κ1) is 20.7. The van der Waals surface area contributed by atoms with Crippen molar-refractivity contribution in [1.29, 1.82) is 0 Å². The van der Waals surface area contributed by atoms with E-state index in [-0.39, 0.29) is 18.1 Å². The number of hydrogen-bond donors (Lipinski definition) is 1. The summed E-state index contributed by atoms with van der Waals surface area (Å²) < 4.78 is 11.5. The van der Waals surface area contributed by atoms with Crippen molar-refractivity contribution in [2.75, 3.05) is 20.3 Å². The predicted molar refractivity (Wildman–Crippen MR) is 112 cm³/mol. The third-order valence-corrected chi connectivity index (χ3v) is 5.82. The van der Waals surface area contributed by atoms with Gasteiger partial charge in [-0.15, -0.1) is 0 Å². The molecule has 5 nitrogen and oxygen atoms in total. The van der Waals surface area contributed by atoms with Crippen molar-refractivity contribution in [2.24, 2.45) is 0 Å². The van der Waals surface area contributed by atoms with Crippen molar-refractivity contribution < 1.29 is 19.4 Å². The van der Waals surface area contributed by atoms with Crippen LogP contribution in [-0.2, 0) is 11.2 Å². The second-order valence-corrected chi connectivity index (χ2v) is 8.53. The minimum absolute atomic E-state index is 0.0542. The van der Waals surface area contributed by atoms with Crippen molar-refractivity contribution in [3.05, 3.63) is 64.1 Å². The lowest BCUT2D eigenvalue weighted by atomic mass is 9.84. The molecule has 0 aliphatic carbocycles. The minimum Gasteiger partial charge on any atom is -0.496 e. The number of benzene rings is 2. The third kappa shape index (κ3) is 4.67. The zero-order valence-electron chi connectivity index (χ0n) is 16.4. The van der Waals surface area contributed by atoms with Crippen LogP contribution in [0.5, 0.6) is 5.75 Å². The van der Waals surface area contributed by atoms with Crippen LogP contribution in [-0.4, -0.2) is 48.0 Å². The molecule has 2 atom stereocenters. The Hall–Kier alpha value is -2.05. The number of cyclic esters (lactones) is 1. The van der Waals surface area contributed by atoms with Crippen molar-refractivity contribution in [3.8, 4) is 5.75 Å². The zero-order chi connectivity index (χ0) is 20.3. The third-order valence-electron chi connectivity index (χ3n) is 5.20. The van der Waals surface area contributed by atoms with Crippen molar-refractivity contribution in [3.63, 3.8) is 0 Å². The Morgan fingerprint density at radius 1 is 1.29 bits per heavy atom. The van der Waals surface area contributed by atoms with Gasteiger partial charge in [-0.1, -0.05) is 36.4 Å². The normalized spacial score (nSPS) is 18.1. The second kappa shape index (κ2) is 8.53. The summed E-state index contributed by atoms with van der Waals surface area (Å²) in [6.07, 6.45) is 0.389. The molecule has 0 aromatic heterocycles. The van der Waals surface area contributed by atoms with E-state index in [9.17, 15) is 9.90 Å². The maximum atomic E-state index is 12.4. The van der Waals surface area contributed by atoms with Gasteiger partial charge in [0.25, 0.3) is 0 Å². The van der Waals surface area contributed by atoms with Gasteiger partial charge in [0.05, 0.1) is 23.2 Å². The SMILES string of the molecule is COc1ccc([C@@H](CN2C(=O)OC[C@@H]2Cc2ccccc2)C(C)(C)O)cc1Br. The van der Waals surface area contributed by atoms with Crippen molar-refractivity contribution in [1.82, 2.24) is 4.90 Å². The fraction of sp³-hybridized carbons (Fsp3) is 0.409. The molecule has 150 valence electrons. The summed E-state index contributed by atoms with van der Waals surface area (Å²) in [5.74, 6) is 0.444. The number of carbonyl (C=O) groups is 1. The standard InChI is InChI=1S/C22H26BrNO4/c1-22(2,26)18(16-9-10-20(27-3)19(23)12-16)13-24-17(14-28-21(24)25)11-15-7-5-4-6-8-15/h4-10,12,17-18,26H,11,13-14H2,1-3H3/t17-,18+/m0/s1. The number of nitrogens with zero attached hydrogens (tertiary/aromatic N) is 1. The number of ether oxygens (including phenoxy) is 2. The van der Waals surface area contributed by atoms with E-state index in [4.69, 9.17) is 9.47 Å². The Labute approximate surface area is 174 Å². The highest BCUT2D eigenvalue weighted by atomic mass is 79.9. The van der Waals surface area contributed by atoms with E-state index in [1.54, 1.807) is 25.9 Å². The van der Waals surface area contributed by atoms with E-state index in [1.807, 2.05) is 36.4 Å². The Kier molecular flexibility index (Phi) is 6.30. The number of aliphatic hydroxyl groups is 1. The summed E-state index contributed by atoms with van der Waals surface area (Å²) in [6, 6.07) is 15.7. The maximum Gasteiger partial charge on any atom is 0.410 e. The van der Waals surface area contributed by atoms with E-state index in [1.165, 1.54) is 0 Å². The van der Waals surface area contributed by atoms with Gasteiger partial charge in [0, 0.05) is 12.5 Å². The van der Waals surface area contributed by atoms with Crippen LogP contribution in [0.1, 0.15) is 30.9 Å². The molecule has 6 heteroatoms. The lowest BCUT2D eigenvalue weighted by Crippen LogP contribution is -2.43. The largest absolute Gasteiger partial charge is 0.496 e. The van der Waals surface area contributed by atoms with E-state index in [2.05, 4.69) is 28.1 Å². The monoisotopic (exact) mass is 447 g/mol. The van der Waals surface area contributed by atoms with Gasteiger partial charge in [0.15, 0.2) is 0 Å². The molecule has 0 radical (unpaired) electrons. The Morgan fingerprint density at radius 2 is 2.00 bits per heavy atom. The molecule has 1 amide bonds. The smallest absolute Gasteiger partial charge is 0.410 e. The molecule has 0 unspecified atom stereocenters. The molecule has 1 aliphatic rings. The molecule has 2 aromatic carbocycles. The van der Waals surface area contributed by atoms with Crippen LogP contribution in [0.4, 0.5) is 4.79 Å². The van der Waals surface area contributed by atoms with Crippen LogP contribution in [0, 0.1) is 0 Å². The van der Waals surface area contributed by atoms with E-state index in [0.717, 1.165) is 27.8 Å². The average Bonchev–Trinajstić information content (AvgIpc) is 2.99. The lowest BCUT2D eigenvalue weighted by molar-refractivity contribution is 0.0370. The van der Waals surface area contributed by atoms with Crippen molar-refractivity contribution in [2.45, 2.75) is 37.8 Å². The molecule has 1 fully saturated rings. The molecule has 1 heterocycles. The van der Waals surface area contributed by atoms with Gasteiger partial charge < -0.3 is 19.5 Å². The Morgan fingerprint density at radius 3 is 2.61 bits per heavy atom. The number of amides is 1. The first-order valence-electron chi connectivity index (χ1n) is 9.32. The highest BCUT2D eigenvalue weighted by Gasteiger charge is 2.39. The molecular formula is C22H26BrNO4. The zero-order valence-corrected chi connectivity index (χ0v) is 18.0. The quantitative estimate of drug-likeness (QED) is 0.683. The molecule has 1 aliphatic heterocycles. The molecular weight excluding hydrogens is 422 g/mol. The molecule has 1 saturated heterocycles. The minimum atomic E-state index is -1.02. The van der Waals surface area contributed by atoms with Gasteiger partial charge >= 0.3 is 6.09 Å². The number of carbonyl (C=O) groups excluding carboxylic acids is 1. The van der Waals surface area contributed by atoms with Crippen LogP contribution in [0.2, 0.25) is 0 Å². The first-order valence-corrected chi connectivity index (χ1v) is 10.1. The van der Waals surface area contributed by atoms with Crippen LogP contribution in [0.3, 0.4) is 0 Å². The van der Waals surface area contributed by atoms with E-state index >= 15 is 0 Å². The highest BCUT2D eigenvalue weighted by molar-refractivity contribution is 9.10. The molecule has 2 aromatic rings. The summed E-state index contributed by atoms with van der Waals surface area (Å²) in [7, 11) is 1.61. The van der Waals surface area contributed by atoms with Gasteiger partial charge in [-0.2, -0.15) is 0 Å². The number of halogens is 1. The fourth-order valence-corrected chi connectivity index (χ4v) is 4.16. The summed E-state index contributed by atoms with van der Waals surface area (Å²) >= 11 is 3.51. The Bertz CT molecular complexity index is 819. The van der Waals surface area contributed by atoms with E-state index in [0.29, 0.717) is 13.2 Å². The van der Waals surface area contributed by atoms with Crippen LogP contribution < -0.4 is 4.74 Å². The summed E-state index contributed by atoms with van der Waals surface area (Å²) in [6.45, 7) is 4.27. The summed E-state index contributed by atoms with van der Waals surface area (Å²) in [5, 5.41) is 10.8. The first-order chi connectivity index (χ1) is 13.3. The molecule has 1 N–H and O–H groups in total. The summed E-state index contributed by atoms with van der Waals surface area (Å²) in [5.41, 5.74) is 1.06. The van der Waals surface area contributed by atoms with Gasteiger partial charge in [-0.3, -0.25) is 0 Å². The molecule has 0 bridgehead atoms. The lowest BCUT2D eigenvalue weighted by Gasteiger charge is -2.34. The van der Waals surface area contributed by atoms with Crippen LogP contribution in [0.25, 0.3) is 0 Å². The number of rotatable bonds is 7. The predicted octanol–water partition coefficient (Wildman–Crippen LogP) is 4.38. The average molecular weight is 448 g/mol. The fourth-order valence-electron chi connectivity index (χ4n) is 3.60. The molecule has 3 rings (SSSR count).